The van der Waals surface area contributed by atoms with E-state index in [2.05, 4.69) is 15.4 Å². The number of nitrogens with two attached hydrogens (primary N) is 1. The Morgan fingerprint density at radius 2 is 2.40 bits per heavy atom. The maximum Gasteiger partial charge on any atom is 0.0383 e. The molecule has 0 aliphatic carbocycles. The van der Waals surface area contributed by atoms with Crippen LogP contribution in [0.5, 0.6) is 0 Å². The lowest BCUT2D eigenvalue weighted by atomic mass is 10.5. The predicted octanol–water partition coefficient (Wildman–Crippen LogP) is -0.918. The molecule has 0 aromatic heterocycles. The number of nitrogens with zero attached hydrogens (tertiary/aromatic N) is 2. The van der Waals surface area contributed by atoms with Gasteiger partial charge in [-0.15, -0.1) is 0 Å². The van der Waals surface area contributed by atoms with E-state index in [-0.39, 0.29) is 0 Å². The van der Waals surface area contributed by atoms with E-state index in [0.717, 1.165) is 13.1 Å². The Labute approximate surface area is 62.1 Å². The fraction of sp³-hybridized carbons (Fsp3) is 0.833. The molecule has 0 spiro atoms. The lowest BCUT2D eigenvalue weighted by molar-refractivity contribution is 0.394. The van der Waals surface area contributed by atoms with Crippen molar-refractivity contribution in [1.82, 2.24) is 10.3 Å². The van der Waals surface area contributed by atoms with Crippen LogP contribution in [0.1, 0.15) is 0 Å². The maximum absolute atomic E-state index is 5.33. The number of nitrogens with one attached hydrogen (secondary N) is 1. The Morgan fingerprint density at radius 1 is 1.70 bits per heavy atom. The zero-order valence-corrected chi connectivity index (χ0v) is 6.67. The highest BCUT2D eigenvalue weighted by Crippen LogP contribution is 1.74. The van der Waals surface area contributed by atoms with Crippen LogP contribution in [0.15, 0.2) is 5.10 Å². The van der Waals surface area contributed by atoms with Gasteiger partial charge in [0.1, 0.15) is 0 Å². The summed E-state index contributed by atoms with van der Waals surface area (Å²) >= 11 is 0. The van der Waals surface area contributed by atoms with E-state index in [0.29, 0.717) is 6.54 Å². The van der Waals surface area contributed by atoms with Gasteiger partial charge in [0.05, 0.1) is 0 Å². The molecule has 0 aromatic rings. The van der Waals surface area contributed by atoms with Gasteiger partial charge in [0.15, 0.2) is 0 Å². The van der Waals surface area contributed by atoms with Crippen molar-refractivity contribution in [2.45, 2.75) is 0 Å². The number of hydrazone groups is 1. The first-order valence-corrected chi connectivity index (χ1v) is 3.38. The van der Waals surface area contributed by atoms with Gasteiger partial charge in [0.2, 0.25) is 0 Å². The molecular weight excluding hydrogens is 128 g/mol. The molecule has 0 fully saturated rings. The molecule has 0 atom stereocenters. The fourth-order valence-corrected chi connectivity index (χ4v) is 0.583. The smallest absolute Gasteiger partial charge is 0.0383 e. The van der Waals surface area contributed by atoms with Gasteiger partial charge in [0.25, 0.3) is 0 Å². The average Bonchev–Trinajstić information content (AvgIpc) is 1.89. The van der Waals surface area contributed by atoms with E-state index >= 15 is 0 Å². The summed E-state index contributed by atoms with van der Waals surface area (Å²) in [5.74, 6) is 0. The summed E-state index contributed by atoms with van der Waals surface area (Å²) in [6, 6.07) is 0. The first-order chi connectivity index (χ1) is 4.81. The second-order valence-corrected chi connectivity index (χ2v) is 2.09. The van der Waals surface area contributed by atoms with Crippen LogP contribution in [0.3, 0.4) is 0 Å². The Hall–Kier alpha value is -0.610. The zero-order chi connectivity index (χ0) is 7.82. The van der Waals surface area contributed by atoms with Crippen LogP contribution < -0.4 is 11.2 Å². The molecule has 0 aliphatic heterocycles. The van der Waals surface area contributed by atoms with Crippen molar-refractivity contribution < 1.29 is 0 Å². The van der Waals surface area contributed by atoms with Gasteiger partial charge in [0, 0.05) is 32.9 Å². The molecule has 4 heteroatoms. The minimum Gasteiger partial charge on any atom is -0.329 e. The van der Waals surface area contributed by atoms with E-state index in [1.807, 2.05) is 13.3 Å². The quantitative estimate of drug-likeness (QED) is 0.387. The van der Waals surface area contributed by atoms with E-state index in [4.69, 9.17) is 5.73 Å². The van der Waals surface area contributed by atoms with Crippen LogP contribution in [0.2, 0.25) is 0 Å². The second-order valence-electron chi connectivity index (χ2n) is 2.09. The van der Waals surface area contributed by atoms with Gasteiger partial charge >= 0.3 is 0 Å². The van der Waals surface area contributed by atoms with Crippen LogP contribution in [0, 0.1) is 0 Å². The molecule has 0 aromatic carbocycles. The summed E-state index contributed by atoms with van der Waals surface area (Å²) in [4.78, 5) is 2.10. The minimum absolute atomic E-state index is 0.698. The Balaban J connectivity index is 3.20. The van der Waals surface area contributed by atoms with E-state index in [9.17, 15) is 0 Å². The lowest BCUT2D eigenvalue weighted by Crippen LogP contribution is -2.27. The molecule has 10 heavy (non-hydrogen) atoms. The number of hydrogen-bond donors (Lipinski definition) is 2. The summed E-state index contributed by atoms with van der Waals surface area (Å²) in [5.41, 5.74) is 8.01. The molecule has 3 N–H and O–H groups in total. The van der Waals surface area contributed by atoms with Crippen molar-refractivity contribution in [2.24, 2.45) is 10.8 Å². The van der Waals surface area contributed by atoms with E-state index in [1.54, 1.807) is 7.05 Å². The maximum atomic E-state index is 5.33. The third-order valence-electron chi connectivity index (χ3n) is 1.12. The lowest BCUT2D eigenvalue weighted by Gasteiger charge is -2.10. The van der Waals surface area contributed by atoms with Crippen molar-refractivity contribution in [3.63, 3.8) is 0 Å². The number of rotatable bonds is 5. The largest absolute Gasteiger partial charge is 0.329 e. The SMILES string of the molecule is CN/N=C/CN(C)CCN. The van der Waals surface area contributed by atoms with Crippen LogP contribution in [0.4, 0.5) is 0 Å². The monoisotopic (exact) mass is 144 g/mol. The van der Waals surface area contributed by atoms with Crippen molar-refractivity contribution in [2.75, 3.05) is 33.7 Å². The molecule has 0 rings (SSSR count). The first kappa shape index (κ1) is 9.39. The molecular formula is C6H16N4. The van der Waals surface area contributed by atoms with Crippen LogP contribution in [0.25, 0.3) is 0 Å². The molecule has 60 valence electrons. The minimum atomic E-state index is 0.698. The zero-order valence-electron chi connectivity index (χ0n) is 6.67. The summed E-state index contributed by atoms with van der Waals surface area (Å²) < 4.78 is 0. The van der Waals surface area contributed by atoms with E-state index in [1.165, 1.54) is 0 Å². The highest BCUT2D eigenvalue weighted by molar-refractivity contribution is 5.59. The van der Waals surface area contributed by atoms with Gasteiger partial charge < -0.3 is 11.2 Å². The molecule has 0 aliphatic rings. The highest BCUT2D eigenvalue weighted by atomic mass is 15.3. The summed E-state index contributed by atoms with van der Waals surface area (Å²) in [5, 5.41) is 3.84. The van der Waals surface area contributed by atoms with Gasteiger partial charge in [-0.1, -0.05) is 0 Å². The molecule has 0 saturated heterocycles. The number of likely N-dealkylation sites (N-methyl/N-ethyl adjacent to an activating group) is 1. The highest BCUT2D eigenvalue weighted by Gasteiger charge is 1.90. The summed E-state index contributed by atoms with van der Waals surface area (Å²) in [6.07, 6.45) is 1.82. The second kappa shape index (κ2) is 6.51. The topological polar surface area (TPSA) is 53.7 Å². The Bertz CT molecular complexity index is 91.7. The Morgan fingerprint density at radius 3 is 2.90 bits per heavy atom. The first-order valence-electron chi connectivity index (χ1n) is 3.38. The van der Waals surface area contributed by atoms with Gasteiger partial charge in [-0.25, -0.2) is 0 Å². The molecule has 0 unspecified atom stereocenters. The molecule has 0 saturated carbocycles. The summed E-state index contributed by atoms with van der Waals surface area (Å²) in [7, 11) is 3.79. The molecule has 4 nitrogen and oxygen atoms in total. The van der Waals surface area contributed by atoms with Crippen LogP contribution >= 0.6 is 0 Å². The van der Waals surface area contributed by atoms with Gasteiger partial charge in [-0.2, -0.15) is 5.10 Å². The molecule has 0 heterocycles. The van der Waals surface area contributed by atoms with Gasteiger partial charge in [-0.3, -0.25) is 4.90 Å². The average molecular weight is 144 g/mol. The third-order valence-corrected chi connectivity index (χ3v) is 1.12. The predicted molar refractivity (Wildman–Crippen MR) is 44.1 cm³/mol. The van der Waals surface area contributed by atoms with Crippen molar-refractivity contribution in [1.29, 1.82) is 0 Å². The standard InChI is InChI=1S/C6H16N4/c1-8-9-4-6-10(2)5-3-7/h4,8H,3,5-7H2,1-2H3/b9-4+. The fourth-order valence-electron chi connectivity index (χ4n) is 0.583. The van der Waals surface area contributed by atoms with Crippen molar-refractivity contribution in [3.8, 4) is 0 Å². The van der Waals surface area contributed by atoms with Crippen LogP contribution in [-0.4, -0.2) is 44.8 Å². The Kier molecular flexibility index (Phi) is 6.11. The van der Waals surface area contributed by atoms with Crippen LogP contribution in [-0.2, 0) is 0 Å². The molecule has 0 radical (unpaired) electrons. The van der Waals surface area contributed by atoms with Gasteiger partial charge in [-0.05, 0) is 7.05 Å². The molecule has 0 bridgehead atoms. The normalized spacial score (nSPS) is 11.2. The number of hydrogen-bond acceptors (Lipinski definition) is 4. The van der Waals surface area contributed by atoms with Crippen molar-refractivity contribution >= 4 is 6.21 Å². The van der Waals surface area contributed by atoms with E-state index < -0.39 is 0 Å². The third kappa shape index (κ3) is 5.53. The van der Waals surface area contributed by atoms with Crippen molar-refractivity contribution in [3.05, 3.63) is 0 Å². The molecule has 0 amide bonds. The summed E-state index contributed by atoms with van der Waals surface area (Å²) in [6.45, 7) is 2.46.